The molecule has 122 valence electrons. The topological polar surface area (TPSA) is 9.23 Å². The summed E-state index contributed by atoms with van der Waals surface area (Å²) < 4.78 is 34.4. The smallest absolute Gasteiger partial charge is 0.201 e. The lowest BCUT2D eigenvalue weighted by molar-refractivity contribution is 0.180. The van der Waals surface area contributed by atoms with E-state index in [2.05, 4.69) is 6.92 Å². The minimum atomic E-state index is -0.769. The van der Waals surface area contributed by atoms with Crippen molar-refractivity contribution >= 4 is 0 Å². The Labute approximate surface area is 132 Å². The van der Waals surface area contributed by atoms with Crippen LogP contribution in [-0.4, -0.2) is 6.10 Å². The van der Waals surface area contributed by atoms with Gasteiger partial charge < -0.3 is 4.74 Å². The van der Waals surface area contributed by atoms with Crippen LogP contribution in [0.15, 0.2) is 6.07 Å². The molecule has 3 heteroatoms. The Kier molecular flexibility index (Phi) is 4.70. The summed E-state index contributed by atoms with van der Waals surface area (Å²) in [6.07, 6.45) is 8.36. The zero-order chi connectivity index (χ0) is 15.7. The number of halogens is 2. The van der Waals surface area contributed by atoms with Gasteiger partial charge in [-0.05, 0) is 74.5 Å². The van der Waals surface area contributed by atoms with Gasteiger partial charge in [0.05, 0.1) is 6.10 Å². The molecule has 3 rings (SSSR count). The first-order chi connectivity index (χ1) is 10.6. The number of ether oxygens (including phenoxy) is 1. The Bertz CT molecular complexity index is 533. The van der Waals surface area contributed by atoms with Crippen molar-refractivity contribution in [1.82, 2.24) is 0 Å². The van der Waals surface area contributed by atoms with E-state index in [0.29, 0.717) is 5.56 Å². The van der Waals surface area contributed by atoms with Crippen LogP contribution in [0.1, 0.15) is 75.8 Å². The van der Waals surface area contributed by atoms with E-state index in [1.54, 1.807) is 0 Å². The Morgan fingerprint density at radius 2 is 1.82 bits per heavy atom. The van der Waals surface area contributed by atoms with Crippen molar-refractivity contribution in [1.29, 1.82) is 0 Å². The highest BCUT2D eigenvalue weighted by atomic mass is 19.2. The standard InChI is InChI=1S/C19H26F2O/c1-3-4-13-6-9-14(10-7-13)16-11-15-8-5-12(2)22-19(15)18(21)17(16)20/h11-14H,3-10H2,1-2H3/t12?,13-,14-. The molecule has 1 aromatic rings. The summed E-state index contributed by atoms with van der Waals surface area (Å²) in [4.78, 5) is 0. The second kappa shape index (κ2) is 6.55. The molecule has 0 spiro atoms. The first-order valence-corrected chi connectivity index (χ1v) is 8.77. The molecule has 0 radical (unpaired) electrons. The molecule has 1 aliphatic heterocycles. The van der Waals surface area contributed by atoms with Crippen molar-refractivity contribution in [3.05, 3.63) is 28.8 Å². The fraction of sp³-hybridized carbons (Fsp3) is 0.684. The Morgan fingerprint density at radius 3 is 2.50 bits per heavy atom. The van der Waals surface area contributed by atoms with E-state index in [0.717, 1.165) is 50.0 Å². The molecule has 22 heavy (non-hydrogen) atoms. The highest BCUT2D eigenvalue weighted by Crippen LogP contribution is 2.42. The fourth-order valence-corrected chi connectivity index (χ4v) is 4.08. The van der Waals surface area contributed by atoms with Crippen LogP contribution in [0.4, 0.5) is 8.78 Å². The second-order valence-corrected chi connectivity index (χ2v) is 7.06. The number of fused-ring (bicyclic) bond motifs is 1. The summed E-state index contributed by atoms with van der Waals surface area (Å²) in [5.41, 5.74) is 1.44. The summed E-state index contributed by atoms with van der Waals surface area (Å²) >= 11 is 0. The van der Waals surface area contributed by atoms with E-state index in [9.17, 15) is 8.78 Å². The highest BCUT2D eigenvalue weighted by Gasteiger charge is 2.30. The highest BCUT2D eigenvalue weighted by molar-refractivity contribution is 5.42. The molecule has 0 bridgehead atoms. The lowest BCUT2D eigenvalue weighted by Crippen LogP contribution is -2.22. The molecule has 1 heterocycles. The van der Waals surface area contributed by atoms with Crippen molar-refractivity contribution < 1.29 is 13.5 Å². The molecule has 1 aliphatic carbocycles. The summed E-state index contributed by atoms with van der Waals surface area (Å²) in [5.74, 6) is -0.343. The van der Waals surface area contributed by atoms with Gasteiger partial charge in [-0.3, -0.25) is 0 Å². The molecular formula is C19H26F2O. The normalized spacial score (nSPS) is 28.1. The minimum absolute atomic E-state index is 0.0308. The molecule has 1 atom stereocenters. The van der Waals surface area contributed by atoms with Gasteiger partial charge in [0.1, 0.15) is 0 Å². The van der Waals surface area contributed by atoms with Gasteiger partial charge in [0, 0.05) is 0 Å². The van der Waals surface area contributed by atoms with Crippen LogP contribution in [0.3, 0.4) is 0 Å². The molecular weight excluding hydrogens is 282 g/mol. The largest absolute Gasteiger partial charge is 0.487 e. The van der Waals surface area contributed by atoms with Crippen LogP contribution < -0.4 is 4.74 Å². The molecule has 1 saturated carbocycles. The van der Waals surface area contributed by atoms with E-state index < -0.39 is 11.6 Å². The van der Waals surface area contributed by atoms with E-state index in [1.165, 1.54) is 12.8 Å². The molecule has 1 aromatic carbocycles. The van der Waals surface area contributed by atoms with Crippen LogP contribution in [-0.2, 0) is 6.42 Å². The SMILES string of the molecule is CCC[C@H]1CC[C@H](c2cc3c(c(F)c2F)OC(C)CC3)CC1. The number of benzene rings is 1. The Morgan fingerprint density at radius 1 is 1.09 bits per heavy atom. The minimum Gasteiger partial charge on any atom is -0.487 e. The molecule has 0 N–H and O–H groups in total. The maximum Gasteiger partial charge on any atom is 0.201 e. The predicted octanol–water partition coefficient (Wildman–Crippen LogP) is 5.75. The van der Waals surface area contributed by atoms with Crippen molar-refractivity contribution in [2.45, 2.75) is 77.2 Å². The lowest BCUT2D eigenvalue weighted by Gasteiger charge is -2.30. The molecule has 0 aromatic heterocycles. The summed E-state index contributed by atoms with van der Waals surface area (Å²) in [7, 11) is 0. The van der Waals surface area contributed by atoms with Gasteiger partial charge in [-0.15, -0.1) is 0 Å². The van der Waals surface area contributed by atoms with Gasteiger partial charge in [0.15, 0.2) is 11.6 Å². The monoisotopic (exact) mass is 308 g/mol. The Hall–Kier alpha value is -1.12. The van der Waals surface area contributed by atoms with Crippen LogP contribution in [0.5, 0.6) is 5.75 Å². The van der Waals surface area contributed by atoms with Gasteiger partial charge >= 0.3 is 0 Å². The van der Waals surface area contributed by atoms with E-state index in [-0.39, 0.29) is 17.8 Å². The van der Waals surface area contributed by atoms with Crippen LogP contribution in [0, 0.1) is 17.6 Å². The molecule has 1 nitrogen and oxygen atoms in total. The van der Waals surface area contributed by atoms with E-state index >= 15 is 0 Å². The van der Waals surface area contributed by atoms with Crippen LogP contribution >= 0.6 is 0 Å². The van der Waals surface area contributed by atoms with E-state index in [4.69, 9.17) is 4.74 Å². The maximum absolute atomic E-state index is 14.5. The third kappa shape index (κ3) is 3.00. The number of hydrogen-bond acceptors (Lipinski definition) is 1. The van der Waals surface area contributed by atoms with Crippen LogP contribution in [0.2, 0.25) is 0 Å². The second-order valence-electron chi connectivity index (χ2n) is 7.06. The summed E-state index contributed by atoms with van der Waals surface area (Å²) in [5, 5.41) is 0. The lowest BCUT2D eigenvalue weighted by atomic mass is 9.76. The van der Waals surface area contributed by atoms with Crippen molar-refractivity contribution in [3.63, 3.8) is 0 Å². The third-order valence-corrected chi connectivity index (χ3v) is 5.39. The number of rotatable bonds is 3. The van der Waals surface area contributed by atoms with Gasteiger partial charge in [-0.25, -0.2) is 4.39 Å². The first-order valence-electron chi connectivity index (χ1n) is 8.77. The molecule has 1 fully saturated rings. The van der Waals surface area contributed by atoms with Gasteiger partial charge in [0.2, 0.25) is 5.82 Å². The zero-order valence-electron chi connectivity index (χ0n) is 13.6. The average molecular weight is 308 g/mol. The van der Waals surface area contributed by atoms with Crippen LogP contribution in [0.25, 0.3) is 0 Å². The maximum atomic E-state index is 14.5. The number of aryl methyl sites for hydroxylation is 1. The van der Waals surface area contributed by atoms with Gasteiger partial charge in [-0.1, -0.05) is 19.8 Å². The Balaban J connectivity index is 1.82. The third-order valence-electron chi connectivity index (χ3n) is 5.39. The first kappa shape index (κ1) is 15.8. The van der Waals surface area contributed by atoms with Crippen molar-refractivity contribution in [2.75, 3.05) is 0 Å². The summed E-state index contributed by atoms with van der Waals surface area (Å²) in [6.45, 7) is 4.12. The molecule has 0 saturated heterocycles. The molecule has 0 amide bonds. The molecule has 1 unspecified atom stereocenters. The summed E-state index contributed by atoms with van der Waals surface area (Å²) in [6, 6.07) is 1.88. The van der Waals surface area contributed by atoms with Gasteiger partial charge in [-0.2, -0.15) is 4.39 Å². The van der Waals surface area contributed by atoms with E-state index in [1.807, 2.05) is 13.0 Å². The van der Waals surface area contributed by atoms with Gasteiger partial charge in [0.25, 0.3) is 0 Å². The van der Waals surface area contributed by atoms with Crippen molar-refractivity contribution in [3.8, 4) is 5.75 Å². The predicted molar refractivity (Wildman–Crippen MR) is 84.4 cm³/mol. The zero-order valence-corrected chi connectivity index (χ0v) is 13.6. The average Bonchev–Trinajstić information content (AvgIpc) is 2.53. The van der Waals surface area contributed by atoms with Crippen molar-refractivity contribution in [2.24, 2.45) is 5.92 Å². The number of hydrogen-bond donors (Lipinski definition) is 0. The fourth-order valence-electron chi connectivity index (χ4n) is 4.08. The quantitative estimate of drug-likeness (QED) is 0.690. The molecule has 2 aliphatic rings.